The Hall–Kier alpha value is -1.55. The number of ether oxygens (including phenoxy) is 2. The van der Waals surface area contributed by atoms with E-state index in [1.54, 1.807) is 20.3 Å². The third-order valence-corrected chi connectivity index (χ3v) is 4.05. The van der Waals surface area contributed by atoms with E-state index in [0.29, 0.717) is 17.1 Å². The summed E-state index contributed by atoms with van der Waals surface area (Å²) >= 11 is 0. The highest BCUT2D eigenvalue weighted by molar-refractivity contribution is 5.98. The molecule has 0 saturated carbocycles. The largest absolute Gasteiger partial charge is 0.497 e. The van der Waals surface area contributed by atoms with Gasteiger partial charge in [-0.3, -0.25) is 4.79 Å². The topological polar surface area (TPSA) is 38.8 Å². The number of nitrogens with zero attached hydrogens (tertiary/aromatic N) is 1. The second kappa shape index (κ2) is 7.46. The zero-order valence-corrected chi connectivity index (χ0v) is 13.2. The number of carbonyl (C=O) groups excluding carboxylic acids is 1. The van der Waals surface area contributed by atoms with Gasteiger partial charge in [-0.05, 0) is 44.5 Å². The second-order valence-corrected chi connectivity index (χ2v) is 5.61. The molecule has 1 atom stereocenters. The van der Waals surface area contributed by atoms with Crippen LogP contribution in [0.25, 0.3) is 0 Å². The van der Waals surface area contributed by atoms with E-state index >= 15 is 0 Å². The highest BCUT2D eigenvalue weighted by Gasteiger charge is 2.26. The Balaban J connectivity index is 2.15. The highest BCUT2D eigenvalue weighted by atomic mass is 16.5. The third-order valence-electron chi connectivity index (χ3n) is 4.05. The maximum Gasteiger partial charge on any atom is 0.167 e. The number of likely N-dealkylation sites (tertiary alicyclic amines) is 1. The van der Waals surface area contributed by atoms with Crippen LogP contribution in [0.3, 0.4) is 0 Å². The van der Waals surface area contributed by atoms with E-state index in [9.17, 15) is 4.79 Å². The smallest absolute Gasteiger partial charge is 0.167 e. The fraction of sp³-hybridized carbons (Fsp3) is 0.588. The van der Waals surface area contributed by atoms with Crippen molar-refractivity contribution in [1.29, 1.82) is 0 Å². The van der Waals surface area contributed by atoms with Gasteiger partial charge in [0.15, 0.2) is 5.78 Å². The van der Waals surface area contributed by atoms with Crippen LogP contribution < -0.4 is 9.47 Å². The Morgan fingerprint density at radius 3 is 2.48 bits per heavy atom. The number of rotatable bonds is 6. The van der Waals surface area contributed by atoms with Gasteiger partial charge < -0.3 is 14.4 Å². The molecule has 116 valence electrons. The number of hydrogen-bond acceptors (Lipinski definition) is 4. The molecule has 1 heterocycles. The molecule has 1 aliphatic rings. The van der Waals surface area contributed by atoms with Gasteiger partial charge in [0.2, 0.25) is 0 Å². The lowest BCUT2D eigenvalue weighted by Crippen LogP contribution is -2.39. The van der Waals surface area contributed by atoms with Crippen LogP contribution >= 0.6 is 0 Å². The molecule has 21 heavy (non-hydrogen) atoms. The van der Waals surface area contributed by atoms with Crippen molar-refractivity contribution in [3.8, 4) is 11.5 Å². The summed E-state index contributed by atoms with van der Waals surface area (Å²) < 4.78 is 10.5. The molecule has 1 aromatic rings. The molecule has 1 unspecified atom stereocenters. The standard InChI is InChI=1S/C17H25NO3/c1-4-7-18-8-5-6-13(12-18)17(19)14-9-15(20-2)11-16(10-14)21-3/h9-11,13H,4-8,12H2,1-3H3. The molecule has 0 amide bonds. The summed E-state index contributed by atoms with van der Waals surface area (Å²) in [5.41, 5.74) is 0.689. The van der Waals surface area contributed by atoms with Crippen LogP contribution in [0, 0.1) is 5.92 Å². The molecule has 0 N–H and O–H groups in total. The number of Topliss-reactive ketones (excluding diaryl/α,β-unsaturated/α-hetero) is 1. The maximum absolute atomic E-state index is 12.7. The van der Waals surface area contributed by atoms with Crippen molar-refractivity contribution in [2.75, 3.05) is 33.9 Å². The molecule has 0 radical (unpaired) electrons. The van der Waals surface area contributed by atoms with Crippen LogP contribution in [0.4, 0.5) is 0 Å². The van der Waals surface area contributed by atoms with Gasteiger partial charge in [-0.1, -0.05) is 6.92 Å². The quantitative estimate of drug-likeness (QED) is 0.755. The number of hydrogen-bond donors (Lipinski definition) is 0. The van der Waals surface area contributed by atoms with Gasteiger partial charge in [0.05, 0.1) is 14.2 Å². The van der Waals surface area contributed by atoms with Crippen molar-refractivity contribution in [3.63, 3.8) is 0 Å². The molecule has 1 aromatic carbocycles. The van der Waals surface area contributed by atoms with Crippen LogP contribution in [0.1, 0.15) is 36.5 Å². The van der Waals surface area contributed by atoms with Crippen LogP contribution in [-0.4, -0.2) is 44.5 Å². The molecule has 0 spiro atoms. The van der Waals surface area contributed by atoms with Crippen molar-refractivity contribution < 1.29 is 14.3 Å². The predicted octanol–water partition coefficient (Wildman–Crippen LogP) is 3.01. The van der Waals surface area contributed by atoms with Crippen molar-refractivity contribution in [2.45, 2.75) is 26.2 Å². The fourth-order valence-corrected chi connectivity index (χ4v) is 2.97. The Morgan fingerprint density at radius 1 is 1.24 bits per heavy atom. The zero-order chi connectivity index (χ0) is 15.2. The first-order chi connectivity index (χ1) is 10.2. The van der Waals surface area contributed by atoms with E-state index in [2.05, 4.69) is 11.8 Å². The minimum atomic E-state index is 0.0853. The minimum absolute atomic E-state index is 0.0853. The summed E-state index contributed by atoms with van der Waals surface area (Å²) in [4.78, 5) is 15.1. The first kappa shape index (κ1) is 15.8. The number of piperidine rings is 1. The van der Waals surface area contributed by atoms with Crippen LogP contribution in [0.5, 0.6) is 11.5 Å². The molecule has 0 aliphatic carbocycles. The Kier molecular flexibility index (Phi) is 5.62. The zero-order valence-electron chi connectivity index (χ0n) is 13.2. The highest BCUT2D eigenvalue weighted by Crippen LogP contribution is 2.27. The van der Waals surface area contributed by atoms with Crippen LogP contribution in [-0.2, 0) is 0 Å². The Bertz CT molecular complexity index is 463. The molecular weight excluding hydrogens is 266 g/mol. The van der Waals surface area contributed by atoms with Gasteiger partial charge in [-0.2, -0.15) is 0 Å². The normalized spacial score (nSPS) is 19.3. The van der Waals surface area contributed by atoms with Crippen molar-refractivity contribution >= 4 is 5.78 Å². The number of benzene rings is 1. The molecule has 1 fully saturated rings. The van der Waals surface area contributed by atoms with E-state index in [1.807, 2.05) is 12.1 Å². The lowest BCUT2D eigenvalue weighted by Gasteiger charge is -2.31. The monoisotopic (exact) mass is 291 g/mol. The molecule has 2 rings (SSSR count). The molecule has 1 saturated heterocycles. The van der Waals surface area contributed by atoms with E-state index in [4.69, 9.17) is 9.47 Å². The summed E-state index contributed by atoms with van der Waals surface area (Å²) in [6.45, 7) is 5.23. The lowest BCUT2D eigenvalue weighted by atomic mass is 9.89. The van der Waals surface area contributed by atoms with Gasteiger partial charge in [0.1, 0.15) is 11.5 Å². The molecule has 1 aliphatic heterocycles. The van der Waals surface area contributed by atoms with E-state index in [0.717, 1.165) is 38.9 Å². The molecule has 4 heteroatoms. The van der Waals surface area contributed by atoms with Gasteiger partial charge in [0, 0.05) is 24.1 Å². The number of carbonyl (C=O) groups is 1. The summed E-state index contributed by atoms with van der Waals surface area (Å²) in [5.74, 6) is 1.62. The van der Waals surface area contributed by atoms with Gasteiger partial charge in [-0.15, -0.1) is 0 Å². The van der Waals surface area contributed by atoms with E-state index in [-0.39, 0.29) is 11.7 Å². The average molecular weight is 291 g/mol. The average Bonchev–Trinajstić information content (AvgIpc) is 2.54. The summed E-state index contributed by atoms with van der Waals surface area (Å²) in [7, 11) is 3.21. The van der Waals surface area contributed by atoms with Crippen molar-refractivity contribution in [2.24, 2.45) is 5.92 Å². The first-order valence-electron chi connectivity index (χ1n) is 7.67. The molecule has 4 nitrogen and oxygen atoms in total. The molecular formula is C17H25NO3. The van der Waals surface area contributed by atoms with E-state index in [1.165, 1.54) is 0 Å². The summed E-state index contributed by atoms with van der Waals surface area (Å²) in [6, 6.07) is 5.41. The number of ketones is 1. The molecule has 0 aromatic heterocycles. The maximum atomic E-state index is 12.7. The Labute approximate surface area is 127 Å². The van der Waals surface area contributed by atoms with Gasteiger partial charge >= 0.3 is 0 Å². The fourth-order valence-electron chi connectivity index (χ4n) is 2.97. The van der Waals surface area contributed by atoms with Gasteiger partial charge in [0.25, 0.3) is 0 Å². The lowest BCUT2D eigenvalue weighted by molar-refractivity contribution is 0.0819. The summed E-state index contributed by atoms with van der Waals surface area (Å²) in [5, 5.41) is 0. The van der Waals surface area contributed by atoms with E-state index < -0.39 is 0 Å². The minimum Gasteiger partial charge on any atom is -0.497 e. The Morgan fingerprint density at radius 2 is 1.90 bits per heavy atom. The second-order valence-electron chi connectivity index (χ2n) is 5.61. The third kappa shape index (κ3) is 3.97. The van der Waals surface area contributed by atoms with Crippen molar-refractivity contribution in [1.82, 2.24) is 4.90 Å². The molecule has 0 bridgehead atoms. The predicted molar refractivity (Wildman–Crippen MR) is 83.3 cm³/mol. The van der Waals surface area contributed by atoms with Crippen LogP contribution in [0.2, 0.25) is 0 Å². The number of methoxy groups -OCH3 is 2. The summed E-state index contributed by atoms with van der Waals surface area (Å²) in [6.07, 6.45) is 3.20. The van der Waals surface area contributed by atoms with Crippen LogP contribution in [0.15, 0.2) is 18.2 Å². The van der Waals surface area contributed by atoms with Crippen molar-refractivity contribution in [3.05, 3.63) is 23.8 Å². The van der Waals surface area contributed by atoms with Gasteiger partial charge in [-0.25, -0.2) is 0 Å². The SMILES string of the molecule is CCCN1CCCC(C(=O)c2cc(OC)cc(OC)c2)C1. The first-order valence-corrected chi connectivity index (χ1v) is 7.67.